The van der Waals surface area contributed by atoms with Crippen LogP contribution >= 0.6 is 0 Å². The number of benzene rings is 2. The molecule has 6 nitrogen and oxygen atoms in total. The number of alkyl halides is 3. The van der Waals surface area contributed by atoms with E-state index in [1.54, 1.807) is 12.1 Å². The minimum absolute atomic E-state index is 0.0908. The lowest BCUT2D eigenvalue weighted by Crippen LogP contribution is -2.45. The Morgan fingerprint density at radius 1 is 1.09 bits per heavy atom. The van der Waals surface area contributed by atoms with Crippen molar-refractivity contribution < 1.29 is 32.3 Å². The number of anilines is 1. The molecule has 2 amide bonds. The second kappa shape index (κ2) is 9.71. The Hall–Kier alpha value is -3.36. The van der Waals surface area contributed by atoms with Gasteiger partial charge in [-0.05, 0) is 61.1 Å². The number of Topliss-reactive ketones (excluding diaryl/α,β-unsaturated/α-hetero) is 1. The zero-order chi connectivity index (χ0) is 25.2. The first-order chi connectivity index (χ1) is 16.5. The van der Waals surface area contributed by atoms with Crippen LogP contribution in [0.4, 0.5) is 18.9 Å². The van der Waals surface area contributed by atoms with Crippen molar-refractivity contribution in [1.29, 1.82) is 0 Å². The molecule has 2 unspecified atom stereocenters. The van der Waals surface area contributed by atoms with Crippen LogP contribution in [0.25, 0.3) is 0 Å². The molecule has 0 radical (unpaired) electrons. The molecular formula is C26H27F3N2O4. The number of hydrogen-bond donors (Lipinski definition) is 2. The highest BCUT2D eigenvalue weighted by Gasteiger charge is 2.52. The lowest BCUT2D eigenvalue weighted by Gasteiger charge is -2.23. The summed E-state index contributed by atoms with van der Waals surface area (Å²) < 4.78 is 41.5. The van der Waals surface area contributed by atoms with Gasteiger partial charge >= 0.3 is 6.36 Å². The van der Waals surface area contributed by atoms with Gasteiger partial charge in [0.1, 0.15) is 11.3 Å². The van der Waals surface area contributed by atoms with Crippen LogP contribution in [-0.2, 0) is 20.8 Å². The predicted octanol–water partition coefficient (Wildman–Crippen LogP) is 4.89. The summed E-state index contributed by atoms with van der Waals surface area (Å²) in [5.74, 6) is -3.58. The van der Waals surface area contributed by atoms with E-state index in [0.29, 0.717) is 17.2 Å². The molecule has 9 heteroatoms. The quantitative estimate of drug-likeness (QED) is 0.568. The molecule has 2 aromatic carbocycles. The van der Waals surface area contributed by atoms with E-state index in [-0.39, 0.29) is 6.42 Å². The standard InChI is InChI=1S/C26H27F3N2O4/c1-25(15-16-6-5-9-20(14-16)35-26(27,28)29)22(32)21(24(34)31-25)23(33)30-19-12-10-18(11-13-19)17-7-3-2-4-8-17/h5-6,9-14,17,21H,2-4,7-8,15H2,1H3,(H,30,33)(H,31,34). The fraction of sp³-hybridized carbons (Fsp3) is 0.423. The number of ether oxygens (including phenoxy) is 1. The van der Waals surface area contributed by atoms with Crippen molar-refractivity contribution in [2.24, 2.45) is 5.92 Å². The lowest BCUT2D eigenvalue weighted by atomic mass is 9.84. The van der Waals surface area contributed by atoms with Crippen LogP contribution in [0.5, 0.6) is 5.75 Å². The molecule has 1 aliphatic heterocycles. The summed E-state index contributed by atoms with van der Waals surface area (Å²) in [5, 5.41) is 5.20. The maximum atomic E-state index is 13.1. The van der Waals surface area contributed by atoms with E-state index < -0.39 is 41.2 Å². The average Bonchev–Trinajstić information content (AvgIpc) is 3.01. The second-order valence-corrected chi connectivity index (χ2v) is 9.44. The summed E-state index contributed by atoms with van der Waals surface area (Å²) in [7, 11) is 0. The van der Waals surface area contributed by atoms with Gasteiger partial charge in [0.05, 0.1) is 0 Å². The van der Waals surface area contributed by atoms with E-state index in [0.717, 1.165) is 25.0 Å². The first kappa shape index (κ1) is 24.8. The van der Waals surface area contributed by atoms with Crippen LogP contribution < -0.4 is 15.4 Å². The van der Waals surface area contributed by atoms with Gasteiger partial charge in [0.25, 0.3) is 0 Å². The highest BCUT2D eigenvalue weighted by molar-refractivity contribution is 6.27. The number of hydrogen-bond acceptors (Lipinski definition) is 4. The summed E-state index contributed by atoms with van der Waals surface area (Å²) in [6.07, 6.45) is 1.03. The number of nitrogens with one attached hydrogen (secondary N) is 2. The van der Waals surface area contributed by atoms with Crippen LogP contribution in [0, 0.1) is 5.92 Å². The fourth-order valence-corrected chi connectivity index (χ4v) is 4.96. The average molecular weight is 489 g/mol. The molecule has 35 heavy (non-hydrogen) atoms. The third-order valence-corrected chi connectivity index (χ3v) is 6.67. The number of halogens is 3. The molecule has 1 saturated carbocycles. The van der Waals surface area contributed by atoms with Crippen molar-refractivity contribution in [3.63, 3.8) is 0 Å². The Morgan fingerprint density at radius 3 is 2.43 bits per heavy atom. The molecule has 2 aliphatic rings. The summed E-state index contributed by atoms with van der Waals surface area (Å²) in [6, 6.07) is 12.6. The molecule has 2 fully saturated rings. The number of amides is 2. The molecule has 0 spiro atoms. The van der Waals surface area contributed by atoms with Crippen molar-refractivity contribution >= 4 is 23.3 Å². The third kappa shape index (κ3) is 5.83. The number of ketones is 1. The molecule has 0 bridgehead atoms. The molecule has 2 aromatic rings. The van der Waals surface area contributed by atoms with Crippen molar-refractivity contribution in [2.75, 3.05) is 5.32 Å². The maximum absolute atomic E-state index is 13.1. The highest BCUT2D eigenvalue weighted by Crippen LogP contribution is 2.33. The van der Waals surface area contributed by atoms with Gasteiger partial charge in [-0.1, -0.05) is 43.5 Å². The van der Waals surface area contributed by atoms with E-state index in [2.05, 4.69) is 15.4 Å². The van der Waals surface area contributed by atoms with Crippen LogP contribution in [0.1, 0.15) is 56.1 Å². The number of carbonyl (C=O) groups excluding carboxylic acids is 3. The SMILES string of the molecule is CC1(Cc2cccc(OC(F)(F)F)c2)NC(=O)C(C(=O)Nc2ccc(C3CCCCC3)cc2)C1=O. The van der Waals surface area contributed by atoms with Gasteiger partial charge in [-0.25, -0.2) is 0 Å². The molecule has 1 heterocycles. The molecule has 1 saturated heterocycles. The molecular weight excluding hydrogens is 461 g/mol. The maximum Gasteiger partial charge on any atom is 0.573 e. The summed E-state index contributed by atoms with van der Waals surface area (Å²) in [4.78, 5) is 38.5. The van der Waals surface area contributed by atoms with Gasteiger partial charge < -0.3 is 15.4 Å². The zero-order valence-electron chi connectivity index (χ0n) is 19.3. The topological polar surface area (TPSA) is 84.5 Å². The molecule has 186 valence electrons. The normalized spacial score (nSPS) is 23.1. The molecule has 0 aromatic heterocycles. The second-order valence-electron chi connectivity index (χ2n) is 9.44. The Morgan fingerprint density at radius 2 is 1.77 bits per heavy atom. The van der Waals surface area contributed by atoms with Crippen molar-refractivity contribution in [3.05, 3.63) is 59.7 Å². The van der Waals surface area contributed by atoms with E-state index in [4.69, 9.17) is 0 Å². The van der Waals surface area contributed by atoms with Crippen molar-refractivity contribution in [3.8, 4) is 5.75 Å². The van der Waals surface area contributed by atoms with Gasteiger partial charge in [0.2, 0.25) is 11.8 Å². The first-order valence-electron chi connectivity index (χ1n) is 11.7. The van der Waals surface area contributed by atoms with Crippen LogP contribution in [0.3, 0.4) is 0 Å². The van der Waals surface area contributed by atoms with E-state index in [9.17, 15) is 27.6 Å². The Labute approximate surface area is 201 Å². The summed E-state index contributed by atoms with van der Waals surface area (Å²) >= 11 is 0. The van der Waals surface area contributed by atoms with Crippen LogP contribution in [-0.4, -0.2) is 29.5 Å². The van der Waals surface area contributed by atoms with Crippen molar-refractivity contribution in [1.82, 2.24) is 5.32 Å². The summed E-state index contributed by atoms with van der Waals surface area (Å²) in [5.41, 5.74) is 0.602. The largest absolute Gasteiger partial charge is 0.573 e. The monoisotopic (exact) mass is 488 g/mol. The van der Waals surface area contributed by atoms with Gasteiger partial charge in [-0.2, -0.15) is 0 Å². The van der Waals surface area contributed by atoms with Gasteiger partial charge in [-0.3, -0.25) is 14.4 Å². The van der Waals surface area contributed by atoms with Gasteiger partial charge in [0.15, 0.2) is 11.7 Å². The van der Waals surface area contributed by atoms with Crippen LogP contribution in [0.15, 0.2) is 48.5 Å². The Bertz CT molecular complexity index is 1110. The smallest absolute Gasteiger partial charge is 0.406 e. The predicted molar refractivity (Wildman–Crippen MR) is 123 cm³/mol. The summed E-state index contributed by atoms with van der Waals surface area (Å²) in [6.45, 7) is 1.46. The highest BCUT2D eigenvalue weighted by atomic mass is 19.4. The molecule has 2 atom stereocenters. The Balaban J connectivity index is 1.42. The van der Waals surface area contributed by atoms with E-state index in [1.165, 1.54) is 43.9 Å². The number of carbonyl (C=O) groups is 3. The van der Waals surface area contributed by atoms with E-state index in [1.807, 2.05) is 12.1 Å². The minimum atomic E-state index is -4.85. The van der Waals surface area contributed by atoms with Crippen molar-refractivity contribution in [2.45, 2.75) is 63.3 Å². The third-order valence-electron chi connectivity index (χ3n) is 6.67. The zero-order valence-corrected chi connectivity index (χ0v) is 19.3. The fourth-order valence-electron chi connectivity index (χ4n) is 4.96. The molecule has 2 N–H and O–H groups in total. The minimum Gasteiger partial charge on any atom is -0.406 e. The number of rotatable bonds is 6. The Kier molecular flexibility index (Phi) is 6.87. The first-order valence-corrected chi connectivity index (χ1v) is 11.7. The van der Waals surface area contributed by atoms with Crippen LogP contribution in [0.2, 0.25) is 0 Å². The molecule has 4 rings (SSSR count). The molecule has 1 aliphatic carbocycles. The van der Waals surface area contributed by atoms with Gasteiger partial charge in [-0.15, -0.1) is 13.2 Å². The lowest BCUT2D eigenvalue weighted by molar-refractivity contribution is -0.274. The van der Waals surface area contributed by atoms with E-state index >= 15 is 0 Å². The van der Waals surface area contributed by atoms with Gasteiger partial charge in [0, 0.05) is 12.1 Å².